The van der Waals surface area contributed by atoms with Crippen LogP contribution in [0.3, 0.4) is 0 Å². The maximum Gasteiger partial charge on any atom is 0.196 e. The van der Waals surface area contributed by atoms with Gasteiger partial charge in [-0.1, -0.05) is 0 Å². The highest BCUT2D eigenvalue weighted by molar-refractivity contribution is 9.10. The molecule has 0 unspecified atom stereocenters. The van der Waals surface area contributed by atoms with Gasteiger partial charge < -0.3 is 5.32 Å². The Morgan fingerprint density at radius 3 is 2.56 bits per heavy atom. The monoisotopic (exact) mass is 308 g/mol. The van der Waals surface area contributed by atoms with Crippen molar-refractivity contribution in [3.8, 4) is 0 Å². The van der Waals surface area contributed by atoms with E-state index in [0.29, 0.717) is 9.73 Å². The molecule has 1 heterocycles. The van der Waals surface area contributed by atoms with Crippen LogP contribution in [0, 0.1) is 17.5 Å². The second kappa shape index (κ2) is 4.42. The maximum atomic E-state index is 13.2. The summed E-state index contributed by atoms with van der Waals surface area (Å²) in [6, 6.07) is 1.96. The molecule has 1 aromatic carbocycles. The average Bonchev–Trinajstić information content (AvgIpc) is 2.65. The van der Waals surface area contributed by atoms with Crippen LogP contribution in [0.5, 0.6) is 0 Å². The summed E-state index contributed by atoms with van der Waals surface area (Å²) in [5.74, 6) is -3.98. The molecule has 0 saturated heterocycles. The van der Waals surface area contributed by atoms with E-state index in [1.54, 1.807) is 5.38 Å². The van der Waals surface area contributed by atoms with E-state index in [1.807, 2.05) is 0 Å². The third-order valence-corrected chi connectivity index (χ3v) is 3.22. The smallest absolute Gasteiger partial charge is 0.196 e. The minimum atomic E-state index is -1.50. The lowest BCUT2D eigenvalue weighted by atomic mass is 10.3. The Hall–Kier alpha value is -1.08. The van der Waals surface area contributed by atoms with Crippen molar-refractivity contribution in [3.63, 3.8) is 0 Å². The normalized spacial score (nSPS) is 10.5. The average molecular weight is 309 g/mol. The van der Waals surface area contributed by atoms with Crippen molar-refractivity contribution in [2.45, 2.75) is 0 Å². The number of rotatable bonds is 2. The van der Waals surface area contributed by atoms with Gasteiger partial charge in [-0.05, 0) is 28.1 Å². The second-order valence-electron chi connectivity index (χ2n) is 2.82. The van der Waals surface area contributed by atoms with Crippen molar-refractivity contribution in [3.05, 3.63) is 39.6 Å². The van der Waals surface area contributed by atoms with Gasteiger partial charge in [-0.3, -0.25) is 0 Å². The molecule has 0 aliphatic heterocycles. The van der Waals surface area contributed by atoms with E-state index in [4.69, 9.17) is 0 Å². The number of nitrogens with zero attached hydrogens (tertiary/aromatic N) is 1. The first kappa shape index (κ1) is 11.4. The lowest BCUT2D eigenvalue weighted by molar-refractivity contribution is 0.449. The number of hydrogen-bond acceptors (Lipinski definition) is 3. The third kappa shape index (κ3) is 2.19. The van der Waals surface area contributed by atoms with Crippen LogP contribution in [-0.4, -0.2) is 4.98 Å². The Kier molecular flexibility index (Phi) is 3.15. The van der Waals surface area contributed by atoms with Gasteiger partial charge in [0.15, 0.2) is 22.6 Å². The SMILES string of the molecule is Fc1ccc(Nc2nc(Br)cs2)c(F)c1F. The molecule has 0 bridgehead atoms. The largest absolute Gasteiger partial charge is 0.329 e. The van der Waals surface area contributed by atoms with Crippen molar-refractivity contribution in [2.24, 2.45) is 0 Å². The highest BCUT2D eigenvalue weighted by atomic mass is 79.9. The molecule has 0 atom stereocenters. The molecule has 0 saturated carbocycles. The summed E-state index contributed by atoms with van der Waals surface area (Å²) in [5.41, 5.74) is -0.152. The Morgan fingerprint density at radius 2 is 1.94 bits per heavy atom. The van der Waals surface area contributed by atoms with Crippen molar-refractivity contribution >= 4 is 38.1 Å². The van der Waals surface area contributed by atoms with E-state index >= 15 is 0 Å². The quantitative estimate of drug-likeness (QED) is 0.846. The lowest BCUT2D eigenvalue weighted by Crippen LogP contribution is -1.98. The molecule has 1 N–H and O–H groups in total. The second-order valence-corrected chi connectivity index (χ2v) is 4.49. The van der Waals surface area contributed by atoms with Gasteiger partial charge in [0.05, 0.1) is 5.69 Å². The zero-order valence-electron chi connectivity index (χ0n) is 7.60. The molecule has 0 spiro atoms. The fourth-order valence-electron chi connectivity index (χ4n) is 1.05. The topological polar surface area (TPSA) is 24.9 Å². The molecule has 2 aromatic rings. The van der Waals surface area contributed by atoms with Crippen LogP contribution < -0.4 is 5.32 Å². The molecule has 2 rings (SSSR count). The van der Waals surface area contributed by atoms with E-state index in [-0.39, 0.29) is 5.69 Å². The van der Waals surface area contributed by atoms with E-state index in [1.165, 1.54) is 11.3 Å². The van der Waals surface area contributed by atoms with Gasteiger partial charge in [-0.15, -0.1) is 11.3 Å². The molecule has 0 fully saturated rings. The van der Waals surface area contributed by atoms with Crippen molar-refractivity contribution in [2.75, 3.05) is 5.32 Å². The molecule has 84 valence electrons. The predicted octanol–water partition coefficient (Wildman–Crippen LogP) is 4.07. The molecule has 1 aromatic heterocycles. The van der Waals surface area contributed by atoms with Crippen molar-refractivity contribution in [1.29, 1.82) is 0 Å². The Labute approximate surface area is 101 Å². The number of aromatic nitrogens is 1. The Balaban J connectivity index is 2.32. The Morgan fingerprint density at radius 1 is 1.19 bits per heavy atom. The number of thiazole rings is 1. The van der Waals surface area contributed by atoms with E-state index in [2.05, 4.69) is 26.2 Å². The lowest BCUT2D eigenvalue weighted by Gasteiger charge is -2.04. The summed E-state index contributed by atoms with van der Waals surface area (Å²) < 4.78 is 39.4. The first-order valence-electron chi connectivity index (χ1n) is 4.09. The van der Waals surface area contributed by atoms with Crippen molar-refractivity contribution < 1.29 is 13.2 Å². The van der Waals surface area contributed by atoms with Gasteiger partial charge in [0, 0.05) is 5.38 Å². The number of hydrogen-bond donors (Lipinski definition) is 1. The van der Waals surface area contributed by atoms with Crippen molar-refractivity contribution in [1.82, 2.24) is 4.98 Å². The minimum absolute atomic E-state index is 0.152. The van der Waals surface area contributed by atoms with Crippen LogP contribution in [0.2, 0.25) is 0 Å². The summed E-state index contributed by atoms with van der Waals surface area (Å²) in [4.78, 5) is 3.94. The van der Waals surface area contributed by atoms with E-state index in [0.717, 1.165) is 12.1 Å². The van der Waals surface area contributed by atoms with Crippen LogP contribution >= 0.6 is 27.3 Å². The van der Waals surface area contributed by atoms with Crippen LogP contribution in [-0.2, 0) is 0 Å². The van der Waals surface area contributed by atoms with Crippen LogP contribution in [0.15, 0.2) is 22.1 Å². The van der Waals surface area contributed by atoms with Gasteiger partial charge in [0.25, 0.3) is 0 Å². The van der Waals surface area contributed by atoms with Crippen LogP contribution in [0.25, 0.3) is 0 Å². The molecule has 0 aliphatic carbocycles. The summed E-state index contributed by atoms with van der Waals surface area (Å²) in [6.07, 6.45) is 0. The van der Waals surface area contributed by atoms with Gasteiger partial charge >= 0.3 is 0 Å². The van der Waals surface area contributed by atoms with Crippen LogP contribution in [0.1, 0.15) is 0 Å². The number of anilines is 2. The van der Waals surface area contributed by atoms with E-state index in [9.17, 15) is 13.2 Å². The molecular formula is C9H4BrF3N2S. The zero-order chi connectivity index (χ0) is 11.7. The molecule has 7 heteroatoms. The molecule has 0 amide bonds. The van der Waals surface area contributed by atoms with E-state index < -0.39 is 17.5 Å². The third-order valence-electron chi connectivity index (χ3n) is 1.75. The molecule has 2 nitrogen and oxygen atoms in total. The van der Waals surface area contributed by atoms with Gasteiger partial charge in [0.2, 0.25) is 0 Å². The number of benzene rings is 1. The van der Waals surface area contributed by atoms with Gasteiger partial charge in [0.1, 0.15) is 4.60 Å². The molecule has 0 aliphatic rings. The first-order valence-corrected chi connectivity index (χ1v) is 5.76. The highest BCUT2D eigenvalue weighted by Gasteiger charge is 2.14. The summed E-state index contributed by atoms with van der Waals surface area (Å²) >= 11 is 4.33. The number of nitrogens with one attached hydrogen (secondary N) is 1. The summed E-state index contributed by atoms with van der Waals surface area (Å²) in [5, 5.41) is 4.62. The van der Waals surface area contributed by atoms with Gasteiger partial charge in [-0.2, -0.15) is 0 Å². The van der Waals surface area contributed by atoms with Crippen LogP contribution in [0.4, 0.5) is 24.0 Å². The Bertz CT molecular complexity index is 529. The molecule has 16 heavy (non-hydrogen) atoms. The minimum Gasteiger partial charge on any atom is -0.329 e. The summed E-state index contributed by atoms with van der Waals surface area (Å²) in [7, 11) is 0. The first-order chi connectivity index (χ1) is 7.58. The predicted molar refractivity (Wildman–Crippen MR) is 59.4 cm³/mol. The highest BCUT2D eigenvalue weighted by Crippen LogP contribution is 2.26. The standard InChI is InChI=1S/C9H4BrF3N2S/c10-6-3-16-9(15-6)14-5-2-1-4(11)7(12)8(5)13/h1-3H,(H,14,15). The summed E-state index contributed by atoms with van der Waals surface area (Å²) in [6.45, 7) is 0. The maximum absolute atomic E-state index is 13.2. The molecule has 0 radical (unpaired) electrons. The molecular weight excluding hydrogens is 305 g/mol. The number of halogens is 4. The zero-order valence-corrected chi connectivity index (χ0v) is 10.0. The van der Waals surface area contributed by atoms with Gasteiger partial charge in [-0.25, -0.2) is 18.2 Å². The fraction of sp³-hybridized carbons (Fsp3) is 0. The fourth-order valence-corrected chi connectivity index (χ4v) is 2.21.